The van der Waals surface area contributed by atoms with Crippen molar-refractivity contribution in [3.63, 3.8) is 0 Å². The molecule has 3 aromatic carbocycles. The van der Waals surface area contributed by atoms with Gasteiger partial charge in [0.1, 0.15) is 16.3 Å². The maximum absolute atomic E-state index is 10.1. The number of halogens is 1. The fourth-order valence-electron chi connectivity index (χ4n) is 2.99. The van der Waals surface area contributed by atoms with Crippen LogP contribution in [-0.4, -0.2) is 10.1 Å². The van der Waals surface area contributed by atoms with Crippen LogP contribution in [-0.2, 0) is 0 Å². The molecule has 0 amide bonds. The van der Waals surface area contributed by atoms with Crippen molar-refractivity contribution in [1.29, 1.82) is 0 Å². The molecule has 1 N–H and O–H groups in total. The number of hydrogen-bond acceptors (Lipinski definition) is 3. The number of rotatable bonds is 3. The average molecular weight is 380 g/mol. The third-order valence-corrected chi connectivity index (χ3v) is 5.82. The van der Waals surface area contributed by atoms with Crippen molar-refractivity contribution in [2.45, 2.75) is 19.8 Å². The minimum absolute atomic E-state index is 0.229. The fraction of sp³-hybridized carbons (Fsp3) is 0.136. The second-order valence-electron chi connectivity index (χ2n) is 6.62. The Morgan fingerprint density at radius 3 is 2.38 bits per heavy atom. The van der Waals surface area contributed by atoms with Crippen molar-refractivity contribution in [1.82, 2.24) is 4.98 Å². The van der Waals surface area contributed by atoms with E-state index in [1.54, 1.807) is 23.5 Å². The molecule has 4 aromatic rings. The molecule has 0 aliphatic rings. The Kier molecular flexibility index (Phi) is 4.43. The molecule has 0 radical (unpaired) electrons. The lowest BCUT2D eigenvalue weighted by Gasteiger charge is -2.07. The van der Waals surface area contributed by atoms with E-state index >= 15 is 0 Å². The highest BCUT2D eigenvalue weighted by molar-refractivity contribution is 7.21. The third kappa shape index (κ3) is 3.09. The van der Waals surface area contributed by atoms with E-state index in [4.69, 9.17) is 11.6 Å². The van der Waals surface area contributed by atoms with Gasteiger partial charge in [0.05, 0.1) is 15.3 Å². The summed E-state index contributed by atoms with van der Waals surface area (Å²) in [5.41, 5.74) is 5.03. The van der Waals surface area contributed by atoms with Crippen LogP contribution in [0.5, 0.6) is 5.75 Å². The summed E-state index contributed by atoms with van der Waals surface area (Å²) in [6.07, 6.45) is 0. The number of para-hydroxylation sites is 1. The van der Waals surface area contributed by atoms with Gasteiger partial charge in [-0.3, -0.25) is 0 Å². The SMILES string of the molecule is CC(C)c1ccc(-c2cc(Cl)c3nc(-c4ccccc4O)sc3c2)cc1. The molecule has 0 saturated carbocycles. The van der Waals surface area contributed by atoms with Gasteiger partial charge >= 0.3 is 0 Å². The van der Waals surface area contributed by atoms with Gasteiger partial charge in [0, 0.05) is 0 Å². The number of hydrogen-bond donors (Lipinski definition) is 1. The lowest BCUT2D eigenvalue weighted by atomic mass is 9.99. The summed E-state index contributed by atoms with van der Waals surface area (Å²) in [6, 6.07) is 19.9. The summed E-state index contributed by atoms with van der Waals surface area (Å²) in [5.74, 6) is 0.741. The molecule has 26 heavy (non-hydrogen) atoms. The Labute approximate surface area is 161 Å². The molecule has 0 aliphatic heterocycles. The summed E-state index contributed by atoms with van der Waals surface area (Å²) in [5, 5.41) is 11.5. The van der Waals surface area contributed by atoms with Crippen LogP contribution in [0.4, 0.5) is 0 Å². The van der Waals surface area contributed by atoms with Crippen molar-refractivity contribution in [3.8, 4) is 27.4 Å². The van der Waals surface area contributed by atoms with Crippen LogP contribution in [0.25, 0.3) is 31.9 Å². The van der Waals surface area contributed by atoms with Crippen LogP contribution in [0.1, 0.15) is 25.3 Å². The normalized spacial score (nSPS) is 11.4. The molecule has 1 heterocycles. The minimum atomic E-state index is 0.229. The predicted octanol–water partition coefficient (Wildman–Crippen LogP) is 7.11. The van der Waals surface area contributed by atoms with E-state index in [-0.39, 0.29) is 5.75 Å². The Hall–Kier alpha value is -2.36. The van der Waals surface area contributed by atoms with E-state index in [0.717, 1.165) is 31.9 Å². The van der Waals surface area contributed by atoms with E-state index in [1.807, 2.05) is 18.2 Å². The molecular formula is C22H18ClNOS. The first-order chi connectivity index (χ1) is 12.5. The number of thiazole rings is 1. The molecule has 130 valence electrons. The van der Waals surface area contributed by atoms with Gasteiger partial charge in [-0.15, -0.1) is 11.3 Å². The predicted molar refractivity (Wildman–Crippen MR) is 111 cm³/mol. The van der Waals surface area contributed by atoms with E-state index in [2.05, 4.69) is 49.2 Å². The number of fused-ring (bicyclic) bond motifs is 1. The van der Waals surface area contributed by atoms with Crippen LogP contribution in [0, 0.1) is 0 Å². The lowest BCUT2D eigenvalue weighted by molar-refractivity contribution is 0.477. The lowest BCUT2D eigenvalue weighted by Crippen LogP contribution is -1.87. The Bertz CT molecular complexity index is 1080. The smallest absolute Gasteiger partial charge is 0.128 e. The molecular weight excluding hydrogens is 362 g/mol. The number of nitrogens with zero attached hydrogens (tertiary/aromatic N) is 1. The van der Waals surface area contributed by atoms with Gasteiger partial charge in [0.2, 0.25) is 0 Å². The highest BCUT2D eigenvalue weighted by Gasteiger charge is 2.13. The summed E-state index contributed by atoms with van der Waals surface area (Å²) < 4.78 is 1.01. The second kappa shape index (κ2) is 6.75. The van der Waals surface area contributed by atoms with Gasteiger partial charge in [-0.25, -0.2) is 4.98 Å². The molecule has 1 aromatic heterocycles. The molecule has 0 bridgehead atoms. The number of phenolic OH excluding ortho intramolecular Hbond substituents is 1. The second-order valence-corrected chi connectivity index (χ2v) is 8.06. The van der Waals surface area contributed by atoms with Crippen molar-refractivity contribution >= 4 is 33.2 Å². The standard InChI is InChI=1S/C22H18ClNOS/c1-13(2)14-7-9-15(10-8-14)16-11-18(23)21-20(12-16)26-22(24-21)17-5-3-4-6-19(17)25/h3-13,25H,1-2H3. The van der Waals surface area contributed by atoms with E-state index in [0.29, 0.717) is 10.9 Å². The molecule has 0 fully saturated rings. The topological polar surface area (TPSA) is 33.1 Å². The van der Waals surface area contributed by atoms with Crippen LogP contribution >= 0.6 is 22.9 Å². The minimum Gasteiger partial charge on any atom is -0.507 e. The largest absolute Gasteiger partial charge is 0.507 e. The molecule has 0 saturated heterocycles. The van der Waals surface area contributed by atoms with Gasteiger partial charge in [-0.2, -0.15) is 0 Å². The van der Waals surface area contributed by atoms with Crippen LogP contribution in [0.2, 0.25) is 5.02 Å². The average Bonchev–Trinajstić information content (AvgIpc) is 3.06. The van der Waals surface area contributed by atoms with Gasteiger partial charge in [-0.05, 0) is 46.9 Å². The summed E-state index contributed by atoms with van der Waals surface area (Å²) in [6.45, 7) is 4.38. The molecule has 4 rings (SSSR count). The van der Waals surface area contributed by atoms with Crippen LogP contribution < -0.4 is 0 Å². The van der Waals surface area contributed by atoms with Crippen molar-refractivity contribution < 1.29 is 5.11 Å². The molecule has 0 unspecified atom stereocenters. The van der Waals surface area contributed by atoms with Gasteiger partial charge < -0.3 is 5.11 Å². The fourth-order valence-corrected chi connectivity index (χ4v) is 4.37. The monoisotopic (exact) mass is 379 g/mol. The van der Waals surface area contributed by atoms with Crippen LogP contribution in [0.3, 0.4) is 0 Å². The highest BCUT2D eigenvalue weighted by atomic mass is 35.5. The summed E-state index contributed by atoms with van der Waals surface area (Å²) in [4.78, 5) is 4.64. The van der Waals surface area contributed by atoms with Crippen molar-refractivity contribution in [3.05, 3.63) is 71.2 Å². The molecule has 0 spiro atoms. The maximum atomic E-state index is 10.1. The highest BCUT2D eigenvalue weighted by Crippen LogP contribution is 2.39. The first-order valence-corrected chi connectivity index (χ1v) is 9.71. The van der Waals surface area contributed by atoms with Gasteiger partial charge in [0.25, 0.3) is 0 Å². The zero-order valence-electron chi connectivity index (χ0n) is 14.5. The van der Waals surface area contributed by atoms with E-state index in [1.165, 1.54) is 5.56 Å². The van der Waals surface area contributed by atoms with Crippen LogP contribution in [0.15, 0.2) is 60.7 Å². The van der Waals surface area contributed by atoms with Gasteiger partial charge in [-0.1, -0.05) is 61.8 Å². The Morgan fingerprint density at radius 2 is 1.69 bits per heavy atom. The summed E-state index contributed by atoms with van der Waals surface area (Å²) >= 11 is 8.06. The number of phenols is 1. The third-order valence-electron chi connectivity index (χ3n) is 4.49. The quantitative estimate of drug-likeness (QED) is 0.411. The van der Waals surface area contributed by atoms with E-state index in [9.17, 15) is 5.11 Å². The van der Waals surface area contributed by atoms with Gasteiger partial charge in [0.15, 0.2) is 0 Å². The Balaban J connectivity index is 1.80. The number of aromatic nitrogens is 1. The molecule has 0 aliphatic carbocycles. The molecule has 4 heteroatoms. The molecule has 0 atom stereocenters. The van der Waals surface area contributed by atoms with Crippen molar-refractivity contribution in [2.24, 2.45) is 0 Å². The maximum Gasteiger partial charge on any atom is 0.128 e. The Morgan fingerprint density at radius 1 is 0.962 bits per heavy atom. The number of benzene rings is 3. The zero-order valence-corrected chi connectivity index (χ0v) is 16.1. The first kappa shape index (κ1) is 17.1. The number of aromatic hydroxyl groups is 1. The first-order valence-electron chi connectivity index (χ1n) is 8.51. The van der Waals surface area contributed by atoms with E-state index < -0.39 is 0 Å². The molecule has 2 nitrogen and oxygen atoms in total. The zero-order chi connectivity index (χ0) is 18.3. The summed E-state index contributed by atoms with van der Waals surface area (Å²) in [7, 11) is 0. The van der Waals surface area contributed by atoms with Crippen molar-refractivity contribution in [2.75, 3.05) is 0 Å².